The monoisotopic (exact) mass is 547 g/mol. The van der Waals surface area contributed by atoms with Crippen molar-refractivity contribution < 1.29 is 14.3 Å². The highest BCUT2D eigenvalue weighted by molar-refractivity contribution is 5.75. The highest BCUT2D eigenvalue weighted by Crippen LogP contribution is 2.51. The van der Waals surface area contributed by atoms with Gasteiger partial charge in [-0.2, -0.15) is 0 Å². The van der Waals surface area contributed by atoms with Crippen LogP contribution in [0.1, 0.15) is 38.5 Å². The van der Waals surface area contributed by atoms with E-state index in [1.807, 2.05) is 9.80 Å². The van der Waals surface area contributed by atoms with Gasteiger partial charge in [0.2, 0.25) is 0 Å². The molecule has 3 heterocycles. The van der Waals surface area contributed by atoms with Crippen LogP contribution in [0.15, 0.2) is 65.8 Å². The number of nitrogens with one attached hydrogen (secondary N) is 1. The number of rotatable bonds is 4. The number of hydrogen-bond acceptors (Lipinski definition) is 5. The lowest BCUT2D eigenvalue weighted by Gasteiger charge is -2.53. The third kappa shape index (κ3) is 5.01. The van der Waals surface area contributed by atoms with E-state index in [4.69, 9.17) is 0 Å². The number of hydrogen-bond donors (Lipinski definition) is 2. The van der Waals surface area contributed by atoms with E-state index in [1.165, 1.54) is 29.1 Å². The molecule has 9 heteroatoms. The van der Waals surface area contributed by atoms with Gasteiger partial charge in [-0.3, -0.25) is 9.36 Å². The largest absolute Gasteiger partial charge is 0.387 e. The summed E-state index contributed by atoms with van der Waals surface area (Å²) in [5, 5.41) is 15.6. The molecule has 212 valence electrons. The summed E-state index contributed by atoms with van der Waals surface area (Å²) in [5.74, 6) is -0.0531. The number of aromatic nitrogens is 2. The van der Waals surface area contributed by atoms with Crippen LogP contribution >= 0.6 is 0 Å². The highest BCUT2D eigenvalue weighted by atomic mass is 19.1. The number of piperazine rings is 1. The second kappa shape index (κ2) is 10.9. The topological polar surface area (TPSA) is 90.7 Å². The number of aliphatic hydroxyl groups is 1. The van der Waals surface area contributed by atoms with E-state index >= 15 is 0 Å². The minimum absolute atomic E-state index is 0.0604. The predicted octanol–water partition coefficient (Wildman–Crippen LogP) is 3.57. The van der Waals surface area contributed by atoms with E-state index < -0.39 is 11.0 Å². The van der Waals surface area contributed by atoms with Gasteiger partial charge in [-0.1, -0.05) is 37.1 Å². The Balaban J connectivity index is 1.21. The van der Waals surface area contributed by atoms with Gasteiger partial charge in [0.1, 0.15) is 5.82 Å². The third-order valence-corrected chi connectivity index (χ3v) is 9.60. The Hall–Kier alpha value is -3.30. The lowest BCUT2D eigenvalue weighted by Crippen LogP contribution is -2.66. The number of urea groups is 1. The first kappa shape index (κ1) is 26.9. The number of allylic oxidation sites excluding steroid dienone is 3. The van der Waals surface area contributed by atoms with E-state index in [2.05, 4.69) is 34.6 Å². The molecule has 2 aromatic rings. The molecule has 3 fully saturated rings. The van der Waals surface area contributed by atoms with Crippen molar-refractivity contribution in [1.29, 1.82) is 0 Å². The summed E-state index contributed by atoms with van der Waals surface area (Å²) >= 11 is 0. The summed E-state index contributed by atoms with van der Waals surface area (Å²) < 4.78 is 14.8. The quantitative estimate of drug-likeness (QED) is 0.611. The van der Waals surface area contributed by atoms with Crippen molar-refractivity contribution in [2.75, 3.05) is 32.7 Å². The number of amides is 2. The lowest BCUT2D eigenvalue weighted by atomic mass is 9.66. The zero-order valence-electron chi connectivity index (χ0n) is 22.8. The molecule has 1 aromatic heterocycles. The molecule has 2 aliphatic heterocycles. The van der Waals surface area contributed by atoms with E-state index in [0.717, 1.165) is 45.2 Å². The first-order valence-corrected chi connectivity index (χ1v) is 14.5. The van der Waals surface area contributed by atoms with E-state index in [-0.39, 0.29) is 30.0 Å². The summed E-state index contributed by atoms with van der Waals surface area (Å²) in [6.07, 6.45) is 15.0. The van der Waals surface area contributed by atoms with Gasteiger partial charge in [-0.15, -0.1) is 0 Å². The molecule has 2 N–H and O–H groups in total. The second-order valence-corrected chi connectivity index (χ2v) is 11.9. The number of piperidine rings is 1. The Morgan fingerprint density at radius 3 is 2.65 bits per heavy atom. The standard InChI is InChI=1S/C31H38FN5O3/c32-25-10-8-23(9-11-25)26-18-28(38)36(22-34-26)21-31(40)14-16-35(20-30(31)12-4-5-13-30)29(39)37-17-15-33-19-27(37)24-6-2-1-3-7-24/h1-3,6,8-11,18,22,24,27,33,40H,4-5,7,12-17,19-21H2/t24?,27-,31+/m0/s1. The smallest absolute Gasteiger partial charge is 0.320 e. The summed E-state index contributed by atoms with van der Waals surface area (Å²) in [7, 11) is 0. The lowest BCUT2D eigenvalue weighted by molar-refractivity contribution is -0.137. The average molecular weight is 548 g/mol. The zero-order valence-corrected chi connectivity index (χ0v) is 22.8. The van der Waals surface area contributed by atoms with Gasteiger partial charge in [0.25, 0.3) is 5.56 Å². The first-order chi connectivity index (χ1) is 19.4. The summed E-state index contributed by atoms with van der Waals surface area (Å²) in [5.41, 5.74) is -0.712. The van der Waals surface area contributed by atoms with E-state index in [0.29, 0.717) is 43.2 Å². The number of carbonyl (C=O) groups is 1. The van der Waals surface area contributed by atoms with Crippen molar-refractivity contribution in [2.24, 2.45) is 11.3 Å². The molecule has 2 aliphatic carbocycles. The van der Waals surface area contributed by atoms with Crippen LogP contribution in [0.2, 0.25) is 0 Å². The first-order valence-electron chi connectivity index (χ1n) is 14.5. The maximum Gasteiger partial charge on any atom is 0.320 e. The van der Waals surface area contributed by atoms with Crippen LogP contribution in [0.3, 0.4) is 0 Å². The fourth-order valence-electron chi connectivity index (χ4n) is 7.28. The maximum atomic E-state index is 14.0. The van der Waals surface area contributed by atoms with E-state index in [9.17, 15) is 19.1 Å². The van der Waals surface area contributed by atoms with Crippen LogP contribution < -0.4 is 10.9 Å². The summed E-state index contributed by atoms with van der Waals surface area (Å²) in [6.45, 7) is 3.31. The SMILES string of the molecule is O=C(N1CC[C@@](O)(Cn2cnc(-c3ccc(F)cc3)cc2=O)C2(CCCC2)C1)N1CCNC[C@H]1C1C=CC=CC1. The average Bonchev–Trinajstić information content (AvgIpc) is 3.46. The maximum absolute atomic E-state index is 14.0. The Labute approximate surface area is 234 Å². The van der Waals surface area contributed by atoms with Gasteiger partial charge >= 0.3 is 6.03 Å². The fourth-order valence-corrected chi connectivity index (χ4v) is 7.28. The Bertz CT molecular complexity index is 1350. The van der Waals surface area contributed by atoms with Gasteiger partial charge in [0.15, 0.2) is 0 Å². The van der Waals surface area contributed by atoms with Gasteiger partial charge in [-0.05, 0) is 49.9 Å². The van der Waals surface area contributed by atoms with Crippen molar-refractivity contribution >= 4 is 6.03 Å². The molecule has 4 aliphatic rings. The third-order valence-electron chi connectivity index (χ3n) is 9.60. The highest BCUT2D eigenvalue weighted by Gasteiger charge is 2.56. The molecule has 1 spiro atoms. The minimum atomic E-state index is -1.12. The van der Waals surface area contributed by atoms with Crippen molar-refractivity contribution in [3.8, 4) is 11.3 Å². The van der Waals surface area contributed by atoms with Crippen molar-refractivity contribution in [3.63, 3.8) is 0 Å². The van der Waals surface area contributed by atoms with E-state index in [1.54, 1.807) is 12.1 Å². The minimum Gasteiger partial charge on any atom is -0.387 e. The van der Waals surface area contributed by atoms with Crippen LogP contribution in [0, 0.1) is 17.2 Å². The van der Waals surface area contributed by atoms with Crippen LogP contribution in [0.4, 0.5) is 9.18 Å². The van der Waals surface area contributed by atoms with Gasteiger partial charge < -0.3 is 20.2 Å². The zero-order chi connectivity index (χ0) is 27.7. The summed E-state index contributed by atoms with van der Waals surface area (Å²) in [4.78, 5) is 35.5. The Morgan fingerprint density at radius 2 is 1.93 bits per heavy atom. The molecular weight excluding hydrogens is 509 g/mol. The molecule has 40 heavy (non-hydrogen) atoms. The molecule has 3 atom stereocenters. The Morgan fingerprint density at radius 1 is 1.12 bits per heavy atom. The molecule has 6 rings (SSSR count). The van der Waals surface area contributed by atoms with Crippen LogP contribution in [0.25, 0.3) is 11.3 Å². The second-order valence-electron chi connectivity index (χ2n) is 11.9. The van der Waals surface area contributed by atoms with Gasteiger partial charge in [-0.25, -0.2) is 14.2 Å². The van der Waals surface area contributed by atoms with Crippen LogP contribution in [0.5, 0.6) is 0 Å². The van der Waals surface area contributed by atoms with Crippen LogP contribution in [-0.2, 0) is 6.54 Å². The van der Waals surface area contributed by atoms with Crippen molar-refractivity contribution in [3.05, 3.63) is 77.1 Å². The molecule has 2 amide bonds. The number of nitrogens with zero attached hydrogens (tertiary/aromatic N) is 4. The van der Waals surface area contributed by atoms with Gasteiger partial charge in [0.05, 0.1) is 30.2 Å². The predicted molar refractivity (Wildman–Crippen MR) is 151 cm³/mol. The molecule has 1 unspecified atom stereocenters. The number of likely N-dealkylation sites (tertiary alicyclic amines) is 1. The fraction of sp³-hybridized carbons (Fsp3) is 0.516. The molecular formula is C31H38FN5O3. The molecule has 0 bridgehead atoms. The number of benzene rings is 1. The molecule has 0 radical (unpaired) electrons. The molecule has 1 aromatic carbocycles. The molecule has 1 saturated carbocycles. The number of carbonyl (C=O) groups excluding carboxylic acids is 1. The number of halogens is 1. The molecule has 8 nitrogen and oxygen atoms in total. The Kier molecular flexibility index (Phi) is 7.35. The molecule has 2 saturated heterocycles. The van der Waals surface area contributed by atoms with Crippen molar-refractivity contribution in [1.82, 2.24) is 24.7 Å². The van der Waals surface area contributed by atoms with Gasteiger partial charge in [0, 0.05) is 55.7 Å². The van der Waals surface area contributed by atoms with Crippen molar-refractivity contribution in [2.45, 2.75) is 56.7 Å². The normalized spacial score (nSPS) is 27.9. The summed E-state index contributed by atoms with van der Waals surface area (Å²) in [6, 6.07) is 7.48. The van der Waals surface area contributed by atoms with Crippen LogP contribution in [-0.4, -0.2) is 74.9 Å².